The average molecular weight is 403 g/mol. The van der Waals surface area contributed by atoms with Crippen LogP contribution in [0.2, 0.25) is 5.02 Å². The van der Waals surface area contributed by atoms with Crippen molar-refractivity contribution in [1.82, 2.24) is 4.98 Å². The van der Waals surface area contributed by atoms with E-state index in [2.05, 4.69) is 24.0 Å². The first-order chi connectivity index (χ1) is 13.7. The van der Waals surface area contributed by atoms with Crippen LogP contribution in [0.15, 0.2) is 82.2 Å². The Labute approximate surface area is 170 Å². The SMILES string of the molecule is Cc1ccc2nc(/N=c3/cc(-c4ccccc4)oc4ccc(Cl)cc34)sc2c1. The molecular formula is C23H15ClN2OS. The molecule has 5 rings (SSSR count). The number of halogens is 1. The topological polar surface area (TPSA) is 38.4 Å². The molecule has 0 saturated heterocycles. The van der Waals surface area contributed by atoms with Gasteiger partial charge in [0.2, 0.25) is 5.13 Å². The van der Waals surface area contributed by atoms with Gasteiger partial charge in [0.15, 0.2) is 0 Å². The van der Waals surface area contributed by atoms with Crippen LogP contribution in [0.1, 0.15) is 5.56 Å². The summed E-state index contributed by atoms with van der Waals surface area (Å²) in [4.78, 5) is 9.52. The lowest BCUT2D eigenvalue weighted by atomic mass is 10.1. The molecule has 0 spiro atoms. The van der Waals surface area contributed by atoms with Crippen molar-refractivity contribution < 1.29 is 4.42 Å². The highest BCUT2D eigenvalue weighted by atomic mass is 35.5. The fourth-order valence-electron chi connectivity index (χ4n) is 3.15. The first-order valence-electron chi connectivity index (χ1n) is 8.86. The van der Waals surface area contributed by atoms with E-state index < -0.39 is 0 Å². The smallest absolute Gasteiger partial charge is 0.210 e. The van der Waals surface area contributed by atoms with Crippen molar-refractivity contribution in [2.45, 2.75) is 6.92 Å². The van der Waals surface area contributed by atoms with Gasteiger partial charge in [0.05, 0.1) is 15.6 Å². The summed E-state index contributed by atoms with van der Waals surface area (Å²) in [6, 6.07) is 23.8. The molecule has 0 bridgehead atoms. The number of hydrogen-bond acceptors (Lipinski definition) is 4. The van der Waals surface area contributed by atoms with E-state index in [1.54, 1.807) is 11.3 Å². The van der Waals surface area contributed by atoms with Crippen LogP contribution in [0, 0.1) is 6.92 Å². The molecule has 5 heteroatoms. The number of hydrogen-bond donors (Lipinski definition) is 0. The van der Waals surface area contributed by atoms with Gasteiger partial charge >= 0.3 is 0 Å². The van der Waals surface area contributed by atoms with Crippen LogP contribution in [0.4, 0.5) is 5.13 Å². The Bertz CT molecular complexity index is 1390. The van der Waals surface area contributed by atoms with Crippen LogP contribution in [0.5, 0.6) is 0 Å². The second kappa shape index (κ2) is 6.89. The first kappa shape index (κ1) is 17.2. The van der Waals surface area contributed by atoms with Gasteiger partial charge in [-0.05, 0) is 42.8 Å². The van der Waals surface area contributed by atoms with Crippen molar-refractivity contribution in [3.8, 4) is 11.3 Å². The zero-order valence-electron chi connectivity index (χ0n) is 15.0. The van der Waals surface area contributed by atoms with E-state index in [4.69, 9.17) is 21.0 Å². The van der Waals surface area contributed by atoms with Gasteiger partial charge in [-0.15, -0.1) is 0 Å². The largest absolute Gasteiger partial charge is 0.456 e. The molecule has 0 saturated carbocycles. The molecule has 136 valence electrons. The number of thiazole rings is 1. The molecule has 2 heterocycles. The number of nitrogens with zero attached hydrogens (tertiary/aromatic N) is 2. The highest BCUT2D eigenvalue weighted by Gasteiger charge is 2.08. The molecule has 28 heavy (non-hydrogen) atoms. The van der Waals surface area contributed by atoms with E-state index in [0.717, 1.165) is 37.9 Å². The third-order valence-electron chi connectivity index (χ3n) is 4.51. The zero-order valence-corrected chi connectivity index (χ0v) is 16.6. The van der Waals surface area contributed by atoms with E-state index in [0.29, 0.717) is 10.2 Å². The molecule has 0 fully saturated rings. The Morgan fingerprint density at radius 1 is 0.964 bits per heavy atom. The zero-order chi connectivity index (χ0) is 19.1. The minimum Gasteiger partial charge on any atom is -0.456 e. The number of benzene rings is 3. The normalized spacial score (nSPS) is 12.1. The van der Waals surface area contributed by atoms with Crippen LogP contribution in [-0.4, -0.2) is 4.98 Å². The number of aryl methyl sites for hydroxylation is 1. The standard InChI is InChI=1S/C23H15ClN2OS/c1-14-7-9-18-22(11-14)28-23(25-18)26-19-13-21(15-5-3-2-4-6-15)27-20-10-8-16(24)12-17(19)20/h2-13H,1H3/b26-19-. The lowest BCUT2D eigenvalue weighted by Crippen LogP contribution is -2.03. The Morgan fingerprint density at radius 2 is 1.82 bits per heavy atom. The van der Waals surface area contributed by atoms with Gasteiger partial charge in [0.25, 0.3) is 0 Å². The Hall–Kier alpha value is -2.95. The van der Waals surface area contributed by atoms with Crippen LogP contribution in [0.3, 0.4) is 0 Å². The molecule has 0 atom stereocenters. The van der Waals surface area contributed by atoms with E-state index in [9.17, 15) is 0 Å². The summed E-state index contributed by atoms with van der Waals surface area (Å²) in [5.74, 6) is 0.756. The summed E-state index contributed by atoms with van der Waals surface area (Å²) in [6.45, 7) is 2.08. The fraction of sp³-hybridized carbons (Fsp3) is 0.0435. The summed E-state index contributed by atoms with van der Waals surface area (Å²) < 4.78 is 7.25. The Morgan fingerprint density at radius 3 is 2.68 bits per heavy atom. The van der Waals surface area contributed by atoms with Gasteiger partial charge in [-0.25, -0.2) is 9.98 Å². The lowest BCUT2D eigenvalue weighted by molar-refractivity contribution is 0.618. The predicted molar refractivity (Wildman–Crippen MR) is 116 cm³/mol. The highest BCUT2D eigenvalue weighted by molar-refractivity contribution is 7.21. The Kier molecular flexibility index (Phi) is 4.23. The maximum absolute atomic E-state index is 6.24. The quantitative estimate of drug-likeness (QED) is 0.322. The van der Waals surface area contributed by atoms with Crippen molar-refractivity contribution in [2.24, 2.45) is 4.99 Å². The molecule has 0 N–H and O–H groups in total. The number of rotatable bonds is 2. The molecule has 3 aromatic carbocycles. The predicted octanol–water partition coefficient (Wildman–Crippen LogP) is 6.90. The van der Waals surface area contributed by atoms with Gasteiger partial charge < -0.3 is 4.42 Å². The van der Waals surface area contributed by atoms with Crippen LogP contribution < -0.4 is 5.36 Å². The molecule has 0 aliphatic rings. The molecule has 0 radical (unpaired) electrons. The van der Waals surface area contributed by atoms with E-state index in [1.807, 2.05) is 60.7 Å². The molecule has 0 aliphatic heterocycles. The van der Waals surface area contributed by atoms with E-state index >= 15 is 0 Å². The van der Waals surface area contributed by atoms with Crippen molar-refractivity contribution in [1.29, 1.82) is 0 Å². The summed E-state index contributed by atoms with van der Waals surface area (Å²) in [5, 5.41) is 3.01. The van der Waals surface area contributed by atoms with Gasteiger partial charge in [-0.1, -0.05) is 59.3 Å². The van der Waals surface area contributed by atoms with Gasteiger partial charge in [0.1, 0.15) is 11.3 Å². The second-order valence-electron chi connectivity index (χ2n) is 6.58. The van der Waals surface area contributed by atoms with Gasteiger partial charge in [-0.2, -0.15) is 0 Å². The van der Waals surface area contributed by atoms with Crippen LogP contribution in [-0.2, 0) is 0 Å². The van der Waals surface area contributed by atoms with Crippen molar-refractivity contribution in [2.75, 3.05) is 0 Å². The van der Waals surface area contributed by atoms with Crippen LogP contribution >= 0.6 is 22.9 Å². The van der Waals surface area contributed by atoms with Crippen molar-refractivity contribution in [3.05, 3.63) is 88.7 Å². The maximum Gasteiger partial charge on any atom is 0.210 e. The monoisotopic (exact) mass is 402 g/mol. The van der Waals surface area contributed by atoms with Gasteiger partial charge in [0, 0.05) is 22.0 Å². The summed E-state index contributed by atoms with van der Waals surface area (Å²) in [6.07, 6.45) is 0. The summed E-state index contributed by atoms with van der Waals surface area (Å²) >= 11 is 7.82. The third kappa shape index (κ3) is 3.21. The van der Waals surface area contributed by atoms with Crippen molar-refractivity contribution >= 4 is 49.3 Å². The molecule has 5 aromatic rings. The van der Waals surface area contributed by atoms with Crippen LogP contribution in [0.25, 0.3) is 32.5 Å². The third-order valence-corrected chi connectivity index (χ3v) is 5.66. The molecule has 0 unspecified atom stereocenters. The van der Waals surface area contributed by atoms with Crippen molar-refractivity contribution in [3.63, 3.8) is 0 Å². The fourth-order valence-corrected chi connectivity index (χ4v) is 4.27. The first-order valence-corrected chi connectivity index (χ1v) is 10.1. The summed E-state index contributed by atoms with van der Waals surface area (Å²) in [7, 11) is 0. The van der Waals surface area contributed by atoms with E-state index in [-0.39, 0.29) is 0 Å². The van der Waals surface area contributed by atoms with E-state index in [1.165, 1.54) is 5.56 Å². The summed E-state index contributed by atoms with van der Waals surface area (Å²) in [5.41, 5.74) is 3.91. The Balaban J connectivity index is 1.78. The second-order valence-corrected chi connectivity index (χ2v) is 8.03. The maximum atomic E-state index is 6.24. The number of aromatic nitrogens is 1. The lowest BCUT2D eigenvalue weighted by Gasteiger charge is -2.05. The minimum absolute atomic E-state index is 0.645. The molecule has 3 nitrogen and oxygen atoms in total. The molecule has 0 amide bonds. The molecule has 0 aliphatic carbocycles. The minimum atomic E-state index is 0.645. The van der Waals surface area contributed by atoms with Gasteiger partial charge in [-0.3, -0.25) is 0 Å². The highest BCUT2D eigenvalue weighted by Crippen LogP contribution is 2.29. The number of fused-ring (bicyclic) bond motifs is 2. The molecule has 2 aromatic heterocycles. The molecular weight excluding hydrogens is 388 g/mol. The average Bonchev–Trinajstić information content (AvgIpc) is 3.10.